The molecule has 2 aliphatic rings. The van der Waals surface area contributed by atoms with E-state index in [1.165, 1.54) is 6.92 Å². The first kappa shape index (κ1) is 14.6. The Bertz CT molecular complexity index is 544. The lowest BCUT2D eigenvalue weighted by Crippen LogP contribution is -2.77. The summed E-state index contributed by atoms with van der Waals surface area (Å²) in [7, 11) is 0. The van der Waals surface area contributed by atoms with Gasteiger partial charge in [0.1, 0.15) is 12.7 Å². The molecule has 0 bridgehead atoms. The first-order valence-corrected chi connectivity index (χ1v) is 8.11. The molecular weight excluding hydrogens is 385 g/mol. The van der Waals surface area contributed by atoms with Crippen LogP contribution in [-0.2, 0) is 20.9 Å². The lowest BCUT2D eigenvalue weighted by Gasteiger charge is -2.61. The zero-order chi connectivity index (χ0) is 15.0. The van der Waals surface area contributed by atoms with Crippen molar-refractivity contribution in [3.63, 3.8) is 0 Å². The highest BCUT2D eigenvalue weighted by Gasteiger charge is 2.63. The van der Waals surface area contributed by atoms with Crippen LogP contribution in [0, 0.1) is 5.92 Å². The first-order chi connectivity index (χ1) is 10.1. The van der Waals surface area contributed by atoms with E-state index in [9.17, 15) is 9.59 Å². The molecule has 1 saturated carbocycles. The van der Waals surface area contributed by atoms with Crippen LogP contribution in [-0.4, -0.2) is 39.6 Å². The third kappa shape index (κ3) is 2.73. The van der Waals surface area contributed by atoms with Crippen molar-refractivity contribution in [2.24, 2.45) is 5.92 Å². The number of amides is 1. The molecule has 0 radical (unpaired) electrons. The highest BCUT2D eigenvalue weighted by atomic mass is 127. The molecule has 3 rings (SSSR count). The molecule has 1 heterocycles. The first-order valence-electron chi connectivity index (χ1n) is 6.86. The van der Waals surface area contributed by atoms with Crippen LogP contribution in [0.25, 0.3) is 0 Å². The standard InChI is InChI=1S/C15H16INO4/c1-9(18)21-14-11-7-17(13(11)12(14)16)15(19)20-8-10-5-3-2-4-6-10/h2-6,11-14H,7-8H2,1H3/t11-,12-,13+,14-/m0/s1. The number of hydrogen-bond donors (Lipinski definition) is 0. The largest absolute Gasteiger partial charge is 0.461 e. The van der Waals surface area contributed by atoms with Crippen molar-refractivity contribution < 1.29 is 19.1 Å². The fourth-order valence-corrected chi connectivity index (χ4v) is 4.49. The molecule has 1 aliphatic heterocycles. The van der Waals surface area contributed by atoms with Crippen molar-refractivity contribution in [2.45, 2.75) is 29.6 Å². The molecule has 1 aromatic rings. The molecule has 1 saturated heterocycles. The van der Waals surface area contributed by atoms with Crippen LogP contribution in [0.5, 0.6) is 0 Å². The number of ether oxygens (including phenoxy) is 2. The van der Waals surface area contributed by atoms with Gasteiger partial charge in [-0.1, -0.05) is 52.9 Å². The van der Waals surface area contributed by atoms with Crippen molar-refractivity contribution in [3.8, 4) is 0 Å². The molecule has 1 amide bonds. The van der Waals surface area contributed by atoms with Crippen LogP contribution in [0.1, 0.15) is 12.5 Å². The smallest absolute Gasteiger partial charge is 0.410 e. The Kier molecular flexibility index (Phi) is 4.05. The molecule has 6 heteroatoms. The number of esters is 1. The minimum atomic E-state index is -0.289. The van der Waals surface area contributed by atoms with Gasteiger partial charge >= 0.3 is 12.1 Å². The zero-order valence-corrected chi connectivity index (χ0v) is 13.7. The second-order valence-electron chi connectivity index (χ2n) is 5.37. The fraction of sp³-hybridized carbons (Fsp3) is 0.467. The van der Waals surface area contributed by atoms with Gasteiger partial charge in [0.05, 0.1) is 9.97 Å². The Hall–Kier alpha value is -1.31. The summed E-state index contributed by atoms with van der Waals surface area (Å²) in [6.07, 6.45) is -0.352. The molecule has 0 spiro atoms. The number of nitrogens with zero attached hydrogens (tertiary/aromatic N) is 1. The molecule has 0 N–H and O–H groups in total. The number of rotatable bonds is 3. The minimum Gasteiger partial charge on any atom is -0.461 e. The van der Waals surface area contributed by atoms with Crippen LogP contribution >= 0.6 is 22.6 Å². The minimum absolute atomic E-state index is 0.0636. The average Bonchev–Trinajstić information content (AvgIpc) is 2.44. The third-order valence-corrected chi connectivity index (χ3v) is 5.46. The molecule has 2 fully saturated rings. The Balaban J connectivity index is 1.49. The second-order valence-corrected chi connectivity index (χ2v) is 6.80. The molecule has 1 aliphatic carbocycles. The van der Waals surface area contributed by atoms with E-state index in [0.29, 0.717) is 6.54 Å². The number of carbonyl (C=O) groups is 2. The summed E-state index contributed by atoms with van der Waals surface area (Å²) in [6, 6.07) is 9.74. The van der Waals surface area contributed by atoms with Crippen LogP contribution in [0.15, 0.2) is 30.3 Å². The van der Waals surface area contributed by atoms with E-state index in [2.05, 4.69) is 22.6 Å². The Morgan fingerprint density at radius 2 is 2.05 bits per heavy atom. The van der Waals surface area contributed by atoms with Gasteiger partial charge in [-0.2, -0.15) is 0 Å². The van der Waals surface area contributed by atoms with Crippen LogP contribution in [0.2, 0.25) is 0 Å². The molecule has 1 aromatic carbocycles. The van der Waals surface area contributed by atoms with Gasteiger partial charge in [0.15, 0.2) is 0 Å². The van der Waals surface area contributed by atoms with E-state index in [0.717, 1.165) is 5.56 Å². The molecule has 4 atom stereocenters. The summed E-state index contributed by atoms with van der Waals surface area (Å²) in [6.45, 7) is 2.31. The van der Waals surface area contributed by atoms with Crippen molar-refractivity contribution >= 4 is 34.7 Å². The lowest BCUT2D eigenvalue weighted by molar-refractivity contribution is -0.176. The fourth-order valence-electron chi connectivity index (χ4n) is 2.88. The zero-order valence-electron chi connectivity index (χ0n) is 11.6. The number of benzene rings is 1. The molecule has 112 valence electrons. The number of likely N-dealkylation sites (tertiary alicyclic amines) is 1. The highest BCUT2D eigenvalue weighted by Crippen LogP contribution is 2.48. The van der Waals surface area contributed by atoms with Gasteiger partial charge in [-0.05, 0) is 5.56 Å². The summed E-state index contributed by atoms with van der Waals surface area (Å²) in [4.78, 5) is 24.8. The number of hydrogen-bond acceptors (Lipinski definition) is 4. The van der Waals surface area contributed by atoms with Crippen LogP contribution in [0.3, 0.4) is 0 Å². The Morgan fingerprint density at radius 1 is 1.33 bits per heavy atom. The number of halogens is 1. The van der Waals surface area contributed by atoms with Gasteiger partial charge < -0.3 is 14.4 Å². The van der Waals surface area contributed by atoms with Gasteiger partial charge in [0.25, 0.3) is 0 Å². The molecular formula is C15H16INO4. The third-order valence-electron chi connectivity index (χ3n) is 4.01. The maximum atomic E-state index is 12.1. The summed E-state index contributed by atoms with van der Waals surface area (Å²) in [5.74, 6) is 0.00490. The summed E-state index contributed by atoms with van der Waals surface area (Å²) in [5, 5.41) is 0. The Morgan fingerprint density at radius 3 is 2.67 bits per heavy atom. The van der Waals surface area contributed by atoms with Crippen molar-refractivity contribution in [3.05, 3.63) is 35.9 Å². The van der Waals surface area contributed by atoms with Gasteiger partial charge in [0.2, 0.25) is 0 Å². The maximum absolute atomic E-state index is 12.1. The second kappa shape index (κ2) is 5.82. The molecule has 0 unspecified atom stereocenters. The highest BCUT2D eigenvalue weighted by molar-refractivity contribution is 14.1. The number of alkyl halides is 1. The average molecular weight is 401 g/mol. The Labute approximate surface area is 136 Å². The van der Waals surface area contributed by atoms with Gasteiger partial charge in [-0.25, -0.2) is 4.79 Å². The van der Waals surface area contributed by atoms with Crippen molar-refractivity contribution in [1.82, 2.24) is 4.90 Å². The molecule has 0 aromatic heterocycles. The quantitative estimate of drug-likeness (QED) is 0.444. The number of fused-ring (bicyclic) bond motifs is 1. The molecule has 5 nitrogen and oxygen atoms in total. The topological polar surface area (TPSA) is 55.8 Å². The number of piperidine rings is 1. The number of carbonyl (C=O) groups excluding carboxylic acids is 2. The van der Waals surface area contributed by atoms with E-state index < -0.39 is 0 Å². The van der Waals surface area contributed by atoms with E-state index in [-0.39, 0.29) is 40.7 Å². The monoisotopic (exact) mass is 401 g/mol. The predicted octanol–water partition coefficient (Wildman–Crippen LogP) is 2.37. The summed E-state index contributed by atoms with van der Waals surface area (Å²) < 4.78 is 10.7. The van der Waals surface area contributed by atoms with Crippen LogP contribution < -0.4 is 0 Å². The lowest BCUT2D eigenvalue weighted by atomic mass is 9.68. The van der Waals surface area contributed by atoms with Gasteiger partial charge in [-0.15, -0.1) is 0 Å². The van der Waals surface area contributed by atoms with E-state index in [4.69, 9.17) is 9.47 Å². The van der Waals surface area contributed by atoms with Crippen molar-refractivity contribution in [1.29, 1.82) is 0 Å². The van der Waals surface area contributed by atoms with Gasteiger partial charge in [-0.3, -0.25) is 4.79 Å². The van der Waals surface area contributed by atoms with Crippen molar-refractivity contribution in [2.75, 3.05) is 6.54 Å². The van der Waals surface area contributed by atoms with Gasteiger partial charge in [0, 0.05) is 19.4 Å². The maximum Gasteiger partial charge on any atom is 0.410 e. The van der Waals surface area contributed by atoms with Crippen LogP contribution in [0.4, 0.5) is 4.79 Å². The normalized spacial score (nSPS) is 29.7. The van der Waals surface area contributed by atoms with E-state index in [1.807, 2.05) is 30.3 Å². The van der Waals surface area contributed by atoms with E-state index in [1.54, 1.807) is 4.90 Å². The molecule has 21 heavy (non-hydrogen) atoms. The summed E-state index contributed by atoms with van der Waals surface area (Å²) in [5.41, 5.74) is 0.973. The summed E-state index contributed by atoms with van der Waals surface area (Å²) >= 11 is 2.24. The van der Waals surface area contributed by atoms with E-state index >= 15 is 0 Å². The predicted molar refractivity (Wildman–Crippen MR) is 84.0 cm³/mol. The SMILES string of the molecule is CC(=O)O[C@@H]1[C@@H](I)[C@H]2[C@@H]1CN2C(=O)OCc1ccccc1.